The van der Waals surface area contributed by atoms with E-state index in [0.29, 0.717) is 19.3 Å². The van der Waals surface area contributed by atoms with Crippen LogP contribution < -0.4 is 0 Å². The number of carbonyl (C=O) groups excluding carboxylic acids is 3. The maximum Gasteiger partial charge on any atom is 0.306 e. The zero-order chi connectivity index (χ0) is 59.9. The summed E-state index contributed by atoms with van der Waals surface area (Å²) >= 11 is 0. The molecule has 0 bridgehead atoms. The highest BCUT2D eigenvalue weighted by atomic mass is 16.6. The van der Waals surface area contributed by atoms with E-state index in [2.05, 4.69) is 179 Å². The fourth-order valence-electron chi connectivity index (χ4n) is 9.04. The first-order valence-electron chi connectivity index (χ1n) is 34.0. The molecule has 0 saturated heterocycles. The zero-order valence-electron chi connectivity index (χ0n) is 53.7. The lowest BCUT2D eigenvalue weighted by Crippen LogP contribution is -2.30. The Hall–Kier alpha value is -4.97. The summed E-state index contributed by atoms with van der Waals surface area (Å²) in [6, 6.07) is 0. The van der Waals surface area contributed by atoms with Gasteiger partial charge in [-0.25, -0.2) is 0 Å². The van der Waals surface area contributed by atoms with Gasteiger partial charge in [0.1, 0.15) is 13.2 Å². The van der Waals surface area contributed by atoms with Crippen LogP contribution in [0.5, 0.6) is 0 Å². The minimum absolute atomic E-state index is 0.0989. The standard InChI is InChI=1S/C77H124O6/c1-4-7-10-13-16-19-22-25-27-29-31-33-35-37-38-40-41-43-45-47-49-52-55-58-61-64-67-70-76(79)82-73-74(72-81-75(78)69-66-63-60-57-54-51-24-21-18-15-12-9-6-3)83-77(80)71-68-65-62-59-56-53-50-48-46-44-42-39-36-34-32-30-28-26-23-20-17-14-11-8-5-2/h7-12,16-21,25-28,31-34,39,42,46,48,51,54,74H,4-6,13-15,22-24,29-30,35-38,40-41,43-45,47,49-50,52-53,55-73H2,1-3H3/b10-7-,11-8-,12-9-,19-16-,20-17-,21-18-,27-25-,28-26-,33-31-,34-32-,42-39-,48-46-,54-51-. The van der Waals surface area contributed by atoms with Crippen LogP contribution in [0.15, 0.2) is 158 Å². The van der Waals surface area contributed by atoms with Crippen molar-refractivity contribution >= 4 is 17.9 Å². The van der Waals surface area contributed by atoms with E-state index in [1.54, 1.807) is 0 Å². The molecule has 0 aliphatic rings. The predicted octanol–water partition coefficient (Wildman–Crippen LogP) is 23.7. The summed E-state index contributed by atoms with van der Waals surface area (Å²) in [4.78, 5) is 38.4. The van der Waals surface area contributed by atoms with Crippen molar-refractivity contribution in [3.63, 3.8) is 0 Å². The number of ether oxygens (including phenoxy) is 3. The molecular formula is C77H124O6. The monoisotopic (exact) mass is 1140 g/mol. The summed E-state index contributed by atoms with van der Waals surface area (Å²) in [5, 5.41) is 0. The van der Waals surface area contributed by atoms with Gasteiger partial charge in [0.15, 0.2) is 6.10 Å². The van der Waals surface area contributed by atoms with Crippen molar-refractivity contribution < 1.29 is 28.6 Å². The summed E-state index contributed by atoms with van der Waals surface area (Å²) < 4.78 is 16.9. The number of unbranched alkanes of at least 4 members (excludes halogenated alkanes) is 23. The van der Waals surface area contributed by atoms with Crippen LogP contribution in [0.1, 0.15) is 290 Å². The molecule has 468 valence electrons. The predicted molar refractivity (Wildman–Crippen MR) is 362 cm³/mol. The van der Waals surface area contributed by atoms with Crippen LogP contribution in [0, 0.1) is 0 Å². The highest BCUT2D eigenvalue weighted by molar-refractivity contribution is 5.71. The summed E-state index contributed by atoms with van der Waals surface area (Å²) in [6.45, 7) is 6.27. The van der Waals surface area contributed by atoms with Gasteiger partial charge < -0.3 is 14.2 Å². The molecule has 0 amide bonds. The van der Waals surface area contributed by atoms with E-state index in [1.807, 2.05) is 0 Å². The molecule has 0 rings (SSSR count). The van der Waals surface area contributed by atoms with Crippen LogP contribution in [0.2, 0.25) is 0 Å². The molecule has 0 aromatic rings. The van der Waals surface area contributed by atoms with Gasteiger partial charge in [-0.15, -0.1) is 0 Å². The van der Waals surface area contributed by atoms with Gasteiger partial charge in [0, 0.05) is 19.3 Å². The first kappa shape index (κ1) is 78.0. The molecule has 0 spiro atoms. The molecule has 0 aromatic heterocycles. The van der Waals surface area contributed by atoms with Gasteiger partial charge in [-0.05, 0) is 141 Å². The van der Waals surface area contributed by atoms with Crippen LogP contribution in [0.25, 0.3) is 0 Å². The molecule has 0 saturated carbocycles. The second kappa shape index (κ2) is 69.5. The molecule has 1 atom stereocenters. The maximum absolute atomic E-state index is 12.9. The molecule has 1 unspecified atom stereocenters. The van der Waals surface area contributed by atoms with Crippen molar-refractivity contribution in [3.05, 3.63) is 158 Å². The van der Waals surface area contributed by atoms with E-state index < -0.39 is 6.10 Å². The third kappa shape index (κ3) is 67.7. The fraction of sp³-hybridized carbons (Fsp3) is 0.623. The SMILES string of the molecule is CC/C=C\C/C=C\C/C=C\C/C=C\C/C=C\C/C=C\CCCCCCCCC(=O)OC(COC(=O)CCCCC/C=C\C/C=C\C/C=C\CC)COC(=O)CCCCCCCCCCCCCCCC/C=C\C/C=C\C/C=C\C/C=C\CC. The largest absolute Gasteiger partial charge is 0.462 e. The van der Waals surface area contributed by atoms with E-state index in [-0.39, 0.29) is 31.1 Å². The number of carbonyl (C=O) groups is 3. The minimum atomic E-state index is -0.807. The lowest BCUT2D eigenvalue weighted by molar-refractivity contribution is -0.167. The van der Waals surface area contributed by atoms with Crippen molar-refractivity contribution in [1.29, 1.82) is 0 Å². The second-order valence-corrected chi connectivity index (χ2v) is 21.9. The Morgan fingerprint density at radius 3 is 0.687 bits per heavy atom. The summed E-state index contributed by atoms with van der Waals surface area (Å²) in [5.41, 5.74) is 0. The van der Waals surface area contributed by atoms with Crippen molar-refractivity contribution in [1.82, 2.24) is 0 Å². The molecule has 0 radical (unpaired) electrons. The zero-order valence-corrected chi connectivity index (χ0v) is 53.7. The third-order valence-electron chi connectivity index (χ3n) is 14.0. The van der Waals surface area contributed by atoms with Crippen LogP contribution in [0.3, 0.4) is 0 Å². The second-order valence-electron chi connectivity index (χ2n) is 21.9. The fourth-order valence-corrected chi connectivity index (χ4v) is 9.04. The summed E-state index contributed by atoms with van der Waals surface area (Å²) in [6.07, 6.45) is 101. The van der Waals surface area contributed by atoms with Gasteiger partial charge in [-0.1, -0.05) is 288 Å². The van der Waals surface area contributed by atoms with Gasteiger partial charge >= 0.3 is 17.9 Å². The topological polar surface area (TPSA) is 78.9 Å². The molecule has 0 fully saturated rings. The van der Waals surface area contributed by atoms with Gasteiger partial charge in [0.2, 0.25) is 0 Å². The number of hydrogen-bond donors (Lipinski definition) is 0. The van der Waals surface area contributed by atoms with E-state index in [4.69, 9.17) is 14.2 Å². The van der Waals surface area contributed by atoms with Crippen molar-refractivity contribution in [2.45, 2.75) is 297 Å². The van der Waals surface area contributed by atoms with Crippen molar-refractivity contribution in [2.24, 2.45) is 0 Å². The first-order valence-corrected chi connectivity index (χ1v) is 34.0. The Morgan fingerprint density at radius 1 is 0.241 bits per heavy atom. The number of allylic oxidation sites excluding steroid dienone is 26. The summed E-state index contributed by atoms with van der Waals surface area (Å²) in [5.74, 6) is -0.943. The van der Waals surface area contributed by atoms with Crippen molar-refractivity contribution in [3.8, 4) is 0 Å². The molecule has 0 N–H and O–H groups in total. The van der Waals surface area contributed by atoms with Crippen molar-refractivity contribution in [2.75, 3.05) is 13.2 Å². The Labute approximate surface area is 511 Å². The average Bonchev–Trinajstić information content (AvgIpc) is 3.49. The minimum Gasteiger partial charge on any atom is -0.462 e. The van der Waals surface area contributed by atoms with Crippen LogP contribution in [-0.2, 0) is 28.6 Å². The highest BCUT2D eigenvalue weighted by Crippen LogP contribution is 2.16. The van der Waals surface area contributed by atoms with E-state index in [0.717, 1.165) is 161 Å². The number of hydrogen-bond acceptors (Lipinski definition) is 6. The molecule has 0 heterocycles. The lowest BCUT2D eigenvalue weighted by Gasteiger charge is -2.18. The van der Waals surface area contributed by atoms with E-state index in [1.165, 1.54) is 89.9 Å². The van der Waals surface area contributed by atoms with Gasteiger partial charge in [-0.3, -0.25) is 14.4 Å². The van der Waals surface area contributed by atoms with E-state index >= 15 is 0 Å². The van der Waals surface area contributed by atoms with E-state index in [9.17, 15) is 14.4 Å². The third-order valence-corrected chi connectivity index (χ3v) is 14.0. The molecule has 0 aromatic carbocycles. The Balaban J connectivity index is 4.36. The molecule has 0 aliphatic carbocycles. The summed E-state index contributed by atoms with van der Waals surface area (Å²) in [7, 11) is 0. The molecular weight excluding hydrogens is 1020 g/mol. The van der Waals surface area contributed by atoms with Gasteiger partial charge in [0.05, 0.1) is 0 Å². The van der Waals surface area contributed by atoms with Crippen LogP contribution in [0.4, 0.5) is 0 Å². The highest BCUT2D eigenvalue weighted by Gasteiger charge is 2.19. The quantitative estimate of drug-likeness (QED) is 0.0261. The Kier molecular flexibility index (Phi) is 65.4. The van der Waals surface area contributed by atoms with Crippen LogP contribution >= 0.6 is 0 Å². The first-order chi connectivity index (χ1) is 41.0. The normalized spacial score (nSPS) is 13.1. The molecule has 0 aliphatic heterocycles. The Bertz CT molecular complexity index is 1840. The Morgan fingerprint density at radius 2 is 0.434 bits per heavy atom. The van der Waals surface area contributed by atoms with Gasteiger partial charge in [0.25, 0.3) is 0 Å². The number of rotatable bonds is 60. The molecule has 6 heteroatoms. The molecule has 6 nitrogen and oxygen atoms in total. The van der Waals surface area contributed by atoms with Crippen LogP contribution in [-0.4, -0.2) is 37.2 Å². The van der Waals surface area contributed by atoms with Gasteiger partial charge in [-0.2, -0.15) is 0 Å². The molecule has 83 heavy (non-hydrogen) atoms. The maximum atomic E-state index is 12.9. The average molecular weight is 1150 g/mol. The smallest absolute Gasteiger partial charge is 0.306 e. The number of esters is 3. The lowest BCUT2D eigenvalue weighted by atomic mass is 10.0.